The predicted octanol–water partition coefficient (Wildman–Crippen LogP) is 2.77. The fourth-order valence-electron chi connectivity index (χ4n) is 3.37. The van der Waals surface area contributed by atoms with Crippen LogP contribution in [0.25, 0.3) is 0 Å². The first kappa shape index (κ1) is 12.6. The van der Waals surface area contributed by atoms with Gasteiger partial charge in [0, 0.05) is 18.7 Å². The fourth-order valence-corrected chi connectivity index (χ4v) is 3.37. The maximum atomic E-state index is 13.5. The van der Waals surface area contributed by atoms with Gasteiger partial charge in [-0.05, 0) is 37.2 Å². The van der Waals surface area contributed by atoms with E-state index in [9.17, 15) is 13.6 Å². The number of nitrogens with zero attached hydrogens (tertiary/aromatic N) is 1. The molecule has 1 saturated heterocycles. The van der Waals surface area contributed by atoms with Crippen LogP contribution in [-0.4, -0.2) is 23.9 Å². The van der Waals surface area contributed by atoms with Gasteiger partial charge in [-0.15, -0.1) is 0 Å². The van der Waals surface area contributed by atoms with E-state index in [1.807, 2.05) is 4.90 Å². The highest BCUT2D eigenvalue weighted by molar-refractivity contribution is 5.79. The largest absolute Gasteiger partial charge is 0.342 e. The third-order valence-corrected chi connectivity index (χ3v) is 4.33. The zero-order valence-corrected chi connectivity index (χ0v) is 10.7. The zero-order valence-electron chi connectivity index (χ0n) is 10.7. The number of hydrogen-bond acceptors (Lipinski definition) is 1. The third-order valence-electron chi connectivity index (χ3n) is 4.33. The minimum absolute atomic E-state index is 0.0387. The van der Waals surface area contributed by atoms with Crippen molar-refractivity contribution in [2.45, 2.75) is 25.7 Å². The number of amides is 1. The van der Waals surface area contributed by atoms with Crippen molar-refractivity contribution in [1.82, 2.24) is 4.90 Å². The molecule has 19 heavy (non-hydrogen) atoms. The van der Waals surface area contributed by atoms with E-state index in [0.29, 0.717) is 11.8 Å². The molecule has 2 nitrogen and oxygen atoms in total. The Labute approximate surface area is 111 Å². The molecule has 0 unspecified atom stereocenters. The lowest BCUT2D eigenvalue weighted by Gasteiger charge is -2.32. The Morgan fingerprint density at radius 1 is 1.21 bits per heavy atom. The van der Waals surface area contributed by atoms with Crippen molar-refractivity contribution in [3.8, 4) is 0 Å². The van der Waals surface area contributed by atoms with Gasteiger partial charge < -0.3 is 4.90 Å². The minimum atomic E-state index is -0.893. The van der Waals surface area contributed by atoms with E-state index in [0.717, 1.165) is 19.2 Å². The van der Waals surface area contributed by atoms with Crippen molar-refractivity contribution in [2.75, 3.05) is 13.1 Å². The quantitative estimate of drug-likeness (QED) is 0.805. The van der Waals surface area contributed by atoms with Crippen LogP contribution in [0.5, 0.6) is 0 Å². The Bertz CT molecular complexity index is 491. The van der Waals surface area contributed by atoms with Crippen molar-refractivity contribution >= 4 is 5.91 Å². The molecule has 1 saturated carbocycles. The summed E-state index contributed by atoms with van der Waals surface area (Å²) in [6.07, 6.45) is 3.58. The van der Waals surface area contributed by atoms with E-state index < -0.39 is 11.6 Å². The van der Waals surface area contributed by atoms with E-state index in [-0.39, 0.29) is 17.9 Å². The Balaban J connectivity index is 1.69. The lowest BCUT2D eigenvalue weighted by Crippen LogP contribution is -2.41. The number of fused-ring (bicyclic) bond motifs is 2. The monoisotopic (exact) mass is 265 g/mol. The number of hydrogen-bond donors (Lipinski definition) is 0. The standard InChI is InChI=1S/C15H17F2NO/c16-13-3-1-2-12(15(13)17)7-14(19)18-8-10-4-5-11(6-10)9-18/h1-3,10-11H,4-9H2/t10-,11+. The van der Waals surface area contributed by atoms with Crippen molar-refractivity contribution in [3.63, 3.8) is 0 Å². The molecular formula is C15H17F2NO. The van der Waals surface area contributed by atoms with Gasteiger partial charge in [0.05, 0.1) is 6.42 Å². The summed E-state index contributed by atoms with van der Waals surface area (Å²) in [5.74, 6) is -0.638. The van der Waals surface area contributed by atoms with Crippen LogP contribution in [0.3, 0.4) is 0 Å². The van der Waals surface area contributed by atoms with E-state index in [1.54, 1.807) is 0 Å². The molecule has 0 N–H and O–H groups in total. The molecule has 0 aromatic heterocycles. The maximum Gasteiger partial charge on any atom is 0.227 e. The summed E-state index contributed by atoms with van der Waals surface area (Å²) in [4.78, 5) is 14.0. The van der Waals surface area contributed by atoms with Gasteiger partial charge in [-0.3, -0.25) is 4.79 Å². The van der Waals surface area contributed by atoms with Gasteiger partial charge >= 0.3 is 0 Å². The van der Waals surface area contributed by atoms with Gasteiger partial charge in [0.15, 0.2) is 11.6 Å². The first-order valence-corrected chi connectivity index (χ1v) is 6.84. The van der Waals surface area contributed by atoms with Gasteiger partial charge in [-0.25, -0.2) is 8.78 Å². The van der Waals surface area contributed by atoms with Crippen LogP contribution in [0, 0.1) is 23.5 Å². The molecule has 2 atom stereocenters. The molecule has 0 spiro atoms. The number of carbonyl (C=O) groups excluding carboxylic acids is 1. The predicted molar refractivity (Wildman–Crippen MR) is 67.5 cm³/mol. The molecular weight excluding hydrogens is 248 g/mol. The average molecular weight is 265 g/mol. The molecule has 2 bridgehead atoms. The summed E-state index contributed by atoms with van der Waals surface area (Å²) in [6, 6.07) is 4.00. The van der Waals surface area contributed by atoms with Gasteiger partial charge in [-0.1, -0.05) is 12.1 Å². The lowest BCUT2D eigenvalue weighted by molar-refractivity contribution is -0.132. The number of carbonyl (C=O) groups is 1. The first-order chi connectivity index (χ1) is 9.13. The topological polar surface area (TPSA) is 20.3 Å². The van der Waals surface area contributed by atoms with E-state index in [4.69, 9.17) is 0 Å². The second kappa shape index (κ2) is 4.91. The summed E-state index contributed by atoms with van der Waals surface area (Å²) >= 11 is 0. The zero-order chi connectivity index (χ0) is 13.4. The van der Waals surface area contributed by atoms with Crippen LogP contribution in [-0.2, 0) is 11.2 Å². The molecule has 1 aliphatic heterocycles. The smallest absolute Gasteiger partial charge is 0.227 e. The maximum absolute atomic E-state index is 13.5. The van der Waals surface area contributed by atoms with Crippen LogP contribution in [0.4, 0.5) is 8.78 Å². The van der Waals surface area contributed by atoms with Crippen molar-refractivity contribution in [2.24, 2.45) is 11.8 Å². The second-order valence-electron chi connectivity index (χ2n) is 5.73. The van der Waals surface area contributed by atoms with Gasteiger partial charge in [0.1, 0.15) is 0 Å². The normalized spacial score (nSPS) is 25.7. The van der Waals surface area contributed by atoms with Crippen LogP contribution >= 0.6 is 0 Å². The first-order valence-electron chi connectivity index (χ1n) is 6.84. The molecule has 3 rings (SSSR count). The van der Waals surface area contributed by atoms with Crippen LogP contribution < -0.4 is 0 Å². The summed E-state index contributed by atoms with van der Waals surface area (Å²) in [5.41, 5.74) is 0.155. The second-order valence-corrected chi connectivity index (χ2v) is 5.73. The summed E-state index contributed by atoms with van der Waals surface area (Å²) in [6.45, 7) is 1.57. The van der Waals surface area contributed by atoms with Gasteiger partial charge in [0.2, 0.25) is 5.91 Å². The average Bonchev–Trinajstić information content (AvgIpc) is 2.73. The molecule has 1 amide bonds. The Kier molecular flexibility index (Phi) is 3.25. The summed E-state index contributed by atoms with van der Waals surface area (Å²) in [5, 5.41) is 0. The van der Waals surface area contributed by atoms with E-state index in [2.05, 4.69) is 0 Å². The van der Waals surface area contributed by atoms with E-state index in [1.165, 1.54) is 31.4 Å². The summed E-state index contributed by atoms with van der Waals surface area (Å²) < 4.78 is 26.7. The number of rotatable bonds is 2. The Morgan fingerprint density at radius 2 is 1.89 bits per heavy atom. The minimum Gasteiger partial charge on any atom is -0.342 e. The highest BCUT2D eigenvalue weighted by Crippen LogP contribution is 2.36. The highest BCUT2D eigenvalue weighted by Gasteiger charge is 2.34. The molecule has 0 radical (unpaired) electrons. The number of benzene rings is 1. The Hall–Kier alpha value is -1.45. The van der Waals surface area contributed by atoms with Crippen LogP contribution in [0.15, 0.2) is 18.2 Å². The van der Waals surface area contributed by atoms with Crippen LogP contribution in [0.2, 0.25) is 0 Å². The van der Waals surface area contributed by atoms with Crippen LogP contribution in [0.1, 0.15) is 24.8 Å². The SMILES string of the molecule is O=C(Cc1cccc(F)c1F)N1C[C@@H]2CC[C@@H](C2)C1. The molecule has 1 heterocycles. The van der Waals surface area contributed by atoms with Crippen molar-refractivity contribution in [3.05, 3.63) is 35.4 Å². The van der Waals surface area contributed by atoms with Crippen molar-refractivity contribution < 1.29 is 13.6 Å². The van der Waals surface area contributed by atoms with Gasteiger partial charge in [0.25, 0.3) is 0 Å². The molecule has 2 aliphatic rings. The van der Waals surface area contributed by atoms with Gasteiger partial charge in [-0.2, -0.15) is 0 Å². The number of likely N-dealkylation sites (tertiary alicyclic amines) is 1. The molecule has 1 aromatic carbocycles. The number of piperidine rings is 1. The van der Waals surface area contributed by atoms with Crippen molar-refractivity contribution in [1.29, 1.82) is 0 Å². The number of halogens is 2. The van der Waals surface area contributed by atoms with E-state index >= 15 is 0 Å². The third kappa shape index (κ3) is 2.48. The molecule has 4 heteroatoms. The molecule has 2 fully saturated rings. The summed E-state index contributed by atoms with van der Waals surface area (Å²) in [7, 11) is 0. The molecule has 1 aliphatic carbocycles. The molecule has 102 valence electrons. The molecule has 1 aromatic rings. The lowest BCUT2D eigenvalue weighted by atomic mass is 9.98. The Morgan fingerprint density at radius 3 is 2.58 bits per heavy atom. The highest BCUT2D eigenvalue weighted by atomic mass is 19.2. The fraction of sp³-hybridized carbons (Fsp3) is 0.533.